The summed E-state index contributed by atoms with van der Waals surface area (Å²) in [4.78, 5) is 4.52. The molecular formula is C23H26FNO. The number of hydrogen-bond donors (Lipinski definition) is 1. The van der Waals surface area contributed by atoms with Crippen LogP contribution in [0, 0.1) is 23.6 Å². The first-order valence-electron chi connectivity index (χ1n) is 9.77. The summed E-state index contributed by atoms with van der Waals surface area (Å²) in [6.45, 7) is 0. The predicted molar refractivity (Wildman–Crippen MR) is 103 cm³/mol. The zero-order chi connectivity index (χ0) is 17.9. The van der Waals surface area contributed by atoms with Gasteiger partial charge in [0.15, 0.2) is 0 Å². The summed E-state index contributed by atoms with van der Waals surface area (Å²) in [7, 11) is 0. The minimum atomic E-state index is -0.232. The van der Waals surface area contributed by atoms with Crippen LogP contribution >= 0.6 is 0 Å². The highest BCUT2D eigenvalue weighted by Gasteiger charge is 2.37. The lowest BCUT2D eigenvalue weighted by Crippen LogP contribution is -2.36. The number of fused-ring (bicyclic) bond motifs is 1. The molecule has 2 aromatic rings. The van der Waals surface area contributed by atoms with Crippen LogP contribution in [0.3, 0.4) is 0 Å². The van der Waals surface area contributed by atoms with Crippen molar-refractivity contribution in [1.29, 1.82) is 0 Å². The van der Waals surface area contributed by atoms with Crippen molar-refractivity contribution < 1.29 is 9.50 Å². The molecule has 26 heavy (non-hydrogen) atoms. The molecule has 1 heterocycles. The molecule has 2 aliphatic carbocycles. The van der Waals surface area contributed by atoms with Crippen LogP contribution in [0.15, 0.2) is 48.7 Å². The van der Waals surface area contributed by atoms with Gasteiger partial charge in [0.1, 0.15) is 5.82 Å². The van der Waals surface area contributed by atoms with Crippen LogP contribution in [-0.4, -0.2) is 16.2 Å². The third-order valence-corrected chi connectivity index (χ3v) is 6.10. The number of halogens is 1. The highest BCUT2D eigenvalue weighted by Crippen LogP contribution is 2.44. The number of aliphatic hydroxyl groups is 1. The van der Waals surface area contributed by atoms with Gasteiger partial charge in [0.05, 0.1) is 11.8 Å². The highest BCUT2D eigenvalue weighted by molar-refractivity contribution is 5.63. The van der Waals surface area contributed by atoms with E-state index < -0.39 is 0 Å². The van der Waals surface area contributed by atoms with Crippen LogP contribution in [0.25, 0.3) is 17.2 Å². The number of allylic oxidation sites excluding steroid dienone is 1. The van der Waals surface area contributed by atoms with Crippen molar-refractivity contribution in [3.05, 3.63) is 60.2 Å². The SMILES string of the molecule is OC1CC(/C=C/c2ccc(-c3cccc(F)c3)cn2)C2CCCCC2C1. The normalized spacial score (nSPS) is 28.8. The number of aliphatic hydroxyl groups excluding tert-OH is 1. The Hall–Kier alpha value is -2.00. The second-order valence-corrected chi connectivity index (χ2v) is 7.84. The zero-order valence-electron chi connectivity index (χ0n) is 15.0. The largest absolute Gasteiger partial charge is 0.393 e. The molecule has 0 spiro atoms. The van der Waals surface area contributed by atoms with Crippen molar-refractivity contribution in [2.45, 2.75) is 44.6 Å². The van der Waals surface area contributed by atoms with Gasteiger partial charge < -0.3 is 5.11 Å². The van der Waals surface area contributed by atoms with E-state index in [4.69, 9.17) is 0 Å². The van der Waals surface area contributed by atoms with Crippen LogP contribution in [0.4, 0.5) is 4.39 Å². The Kier molecular flexibility index (Phi) is 5.16. The van der Waals surface area contributed by atoms with E-state index >= 15 is 0 Å². The Morgan fingerprint density at radius 3 is 2.73 bits per heavy atom. The summed E-state index contributed by atoms with van der Waals surface area (Å²) >= 11 is 0. The Bertz CT molecular complexity index is 770. The molecule has 1 aromatic heterocycles. The van der Waals surface area contributed by atoms with Gasteiger partial charge >= 0.3 is 0 Å². The minimum Gasteiger partial charge on any atom is -0.393 e. The van der Waals surface area contributed by atoms with Crippen LogP contribution in [0.5, 0.6) is 0 Å². The summed E-state index contributed by atoms with van der Waals surface area (Å²) in [5, 5.41) is 10.2. The Morgan fingerprint density at radius 1 is 1.04 bits per heavy atom. The Morgan fingerprint density at radius 2 is 1.92 bits per heavy atom. The molecule has 0 aliphatic heterocycles. The van der Waals surface area contributed by atoms with Gasteiger partial charge in [-0.25, -0.2) is 4.39 Å². The summed E-state index contributed by atoms with van der Waals surface area (Å²) in [6, 6.07) is 10.6. The fourth-order valence-electron chi connectivity index (χ4n) is 4.81. The van der Waals surface area contributed by atoms with Gasteiger partial charge in [-0.15, -0.1) is 0 Å². The molecule has 4 atom stereocenters. The number of pyridine rings is 1. The molecule has 136 valence electrons. The number of nitrogens with zero attached hydrogens (tertiary/aromatic N) is 1. The van der Waals surface area contributed by atoms with E-state index in [-0.39, 0.29) is 11.9 Å². The first kappa shape index (κ1) is 17.4. The molecule has 2 saturated carbocycles. The molecule has 0 bridgehead atoms. The van der Waals surface area contributed by atoms with Gasteiger partial charge in [0.25, 0.3) is 0 Å². The maximum Gasteiger partial charge on any atom is 0.123 e. The Balaban J connectivity index is 1.48. The highest BCUT2D eigenvalue weighted by atomic mass is 19.1. The van der Waals surface area contributed by atoms with Gasteiger partial charge in [-0.05, 0) is 66.9 Å². The molecule has 2 nitrogen and oxygen atoms in total. The van der Waals surface area contributed by atoms with Crippen LogP contribution in [-0.2, 0) is 0 Å². The third-order valence-electron chi connectivity index (χ3n) is 6.10. The first-order valence-corrected chi connectivity index (χ1v) is 9.77. The van der Waals surface area contributed by atoms with E-state index in [1.165, 1.54) is 37.8 Å². The van der Waals surface area contributed by atoms with E-state index in [0.29, 0.717) is 11.8 Å². The van der Waals surface area contributed by atoms with E-state index in [1.807, 2.05) is 18.2 Å². The van der Waals surface area contributed by atoms with E-state index in [1.54, 1.807) is 12.3 Å². The number of aromatic nitrogens is 1. The lowest BCUT2D eigenvalue weighted by atomic mass is 9.64. The van der Waals surface area contributed by atoms with Crippen molar-refractivity contribution in [3.63, 3.8) is 0 Å². The molecule has 2 aliphatic rings. The molecule has 3 heteroatoms. The summed E-state index contributed by atoms with van der Waals surface area (Å²) < 4.78 is 13.4. The smallest absolute Gasteiger partial charge is 0.123 e. The third kappa shape index (κ3) is 3.88. The molecule has 4 unspecified atom stereocenters. The lowest BCUT2D eigenvalue weighted by molar-refractivity contribution is 0.0232. The average molecular weight is 351 g/mol. The van der Waals surface area contributed by atoms with Crippen molar-refractivity contribution in [2.24, 2.45) is 17.8 Å². The standard InChI is InChI=1S/C23H26FNO/c24-20-6-3-5-16(12-20)19-9-11-21(25-15-19)10-8-18-14-22(26)13-17-4-1-2-7-23(17)18/h3,5-6,8-12,15,17-18,22-23,26H,1-2,4,7,13-14H2/b10-8+. The fourth-order valence-corrected chi connectivity index (χ4v) is 4.81. The molecule has 1 aromatic carbocycles. The van der Waals surface area contributed by atoms with Crippen LogP contribution in [0.2, 0.25) is 0 Å². The van der Waals surface area contributed by atoms with Crippen LogP contribution in [0.1, 0.15) is 44.2 Å². The summed E-state index contributed by atoms with van der Waals surface area (Å²) in [6.07, 6.45) is 13.0. The van der Waals surface area contributed by atoms with E-state index in [9.17, 15) is 9.50 Å². The molecule has 4 rings (SSSR count). The zero-order valence-corrected chi connectivity index (χ0v) is 15.0. The van der Waals surface area contributed by atoms with Crippen LogP contribution < -0.4 is 0 Å². The average Bonchev–Trinajstić information content (AvgIpc) is 2.66. The summed E-state index contributed by atoms with van der Waals surface area (Å²) in [5.74, 6) is 1.62. The topological polar surface area (TPSA) is 33.1 Å². The summed E-state index contributed by atoms with van der Waals surface area (Å²) in [5.41, 5.74) is 2.67. The van der Waals surface area contributed by atoms with E-state index in [0.717, 1.165) is 35.6 Å². The number of rotatable bonds is 3. The molecule has 2 fully saturated rings. The quantitative estimate of drug-likeness (QED) is 0.794. The molecule has 1 N–H and O–H groups in total. The second-order valence-electron chi connectivity index (χ2n) is 7.84. The minimum absolute atomic E-state index is 0.160. The maximum atomic E-state index is 13.4. The second kappa shape index (κ2) is 7.71. The Labute approximate surface area is 154 Å². The first-order chi connectivity index (χ1) is 12.7. The van der Waals surface area contributed by atoms with Gasteiger partial charge in [0.2, 0.25) is 0 Å². The number of hydrogen-bond acceptors (Lipinski definition) is 2. The van der Waals surface area contributed by atoms with Gasteiger partial charge in [-0.3, -0.25) is 4.98 Å². The van der Waals surface area contributed by atoms with Gasteiger partial charge in [-0.2, -0.15) is 0 Å². The van der Waals surface area contributed by atoms with Gasteiger partial charge in [-0.1, -0.05) is 43.5 Å². The van der Waals surface area contributed by atoms with Crippen molar-refractivity contribution >= 4 is 6.08 Å². The van der Waals surface area contributed by atoms with Crippen molar-refractivity contribution in [1.82, 2.24) is 4.98 Å². The number of benzene rings is 1. The van der Waals surface area contributed by atoms with Crippen molar-refractivity contribution in [3.8, 4) is 11.1 Å². The molecular weight excluding hydrogens is 325 g/mol. The monoisotopic (exact) mass is 351 g/mol. The fraction of sp³-hybridized carbons (Fsp3) is 0.435. The van der Waals surface area contributed by atoms with Crippen molar-refractivity contribution in [2.75, 3.05) is 0 Å². The van der Waals surface area contributed by atoms with E-state index in [2.05, 4.69) is 17.1 Å². The predicted octanol–water partition coefficient (Wildman–Crippen LogP) is 5.48. The maximum absolute atomic E-state index is 13.4. The van der Waals surface area contributed by atoms with Gasteiger partial charge in [0, 0.05) is 11.8 Å². The molecule has 0 radical (unpaired) electrons. The lowest BCUT2D eigenvalue weighted by Gasteiger charge is -2.42. The molecule has 0 saturated heterocycles. The molecule has 0 amide bonds.